The maximum Gasteiger partial charge on any atom is 0.417 e. The minimum absolute atomic E-state index is 0.0910. The van der Waals surface area contributed by atoms with Crippen LogP contribution in [0, 0.1) is 0 Å². The fourth-order valence-electron chi connectivity index (χ4n) is 2.31. The van der Waals surface area contributed by atoms with E-state index in [1.807, 2.05) is 6.92 Å². The standard InChI is InChI=1S/C14H17F3N2S/c1-2-7-19(9-3-4-9)10-5-6-12(14(15,16)17)11(8-10)13(18)20/h5-6,8-9H,2-4,7H2,1H3,(H2,18,20). The molecule has 0 aliphatic heterocycles. The Morgan fingerprint density at radius 1 is 1.40 bits per heavy atom. The molecule has 1 aromatic carbocycles. The van der Waals surface area contributed by atoms with Crippen molar-refractivity contribution in [3.63, 3.8) is 0 Å². The monoisotopic (exact) mass is 302 g/mol. The molecule has 0 aromatic heterocycles. The van der Waals surface area contributed by atoms with Gasteiger partial charge in [0.2, 0.25) is 0 Å². The number of hydrogen-bond donors (Lipinski definition) is 1. The summed E-state index contributed by atoms with van der Waals surface area (Å²) in [4.78, 5) is 1.92. The Labute approximate surface area is 121 Å². The van der Waals surface area contributed by atoms with Gasteiger partial charge in [0.05, 0.1) is 5.56 Å². The van der Waals surface area contributed by atoms with E-state index in [1.165, 1.54) is 12.1 Å². The summed E-state index contributed by atoms with van der Waals surface area (Å²) in [6, 6.07) is 4.50. The zero-order valence-corrected chi connectivity index (χ0v) is 12.0. The second kappa shape index (κ2) is 5.60. The Balaban J connectivity index is 2.41. The minimum atomic E-state index is -4.44. The first-order valence-corrected chi connectivity index (χ1v) is 7.03. The Kier molecular flexibility index (Phi) is 4.22. The molecule has 2 N–H and O–H groups in total. The molecule has 1 aliphatic rings. The number of thiocarbonyl (C=S) groups is 1. The van der Waals surface area contributed by atoms with Crippen molar-refractivity contribution in [2.45, 2.75) is 38.4 Å². The van der Waals surface area contributed by atoms with Crippen LogP contribution in [0.5, 0.6) is 0 Å². The summed E-state index contributed by atoms with van der Waals surface area (Å²) in [5, 5.41) is 0. The highest BCUT2D eigenvalue weighted by atomic mass is 32.1. The summed E-state index contributed by atoms with van der Waals surface area (Å²) in [6.07, 6.45) is -1.32. The maximum atomic E-state index is 12.9. The minimum Gasteiger partial charge on any atom is -0.389 e. The molecular weight excluding hydrogens is 285 g/mol. The van der Waals surface area contributed by atoms with Crippen LogP contribution in [0.4, 0.5) is 18.9 Å². The molecular formula is C14H17F3N2S. The van der Waals surface area contributed by atoms with Crippen LogP contribution in [-0.2, 0) is 6.18 Å². The Hall–Kier alpha value is -1.30. The normalized spacial score (nSPS) is 15.2. The average Bonchev–Trinajstić information content (AvgIpc) is 3.18. The van der Waals surface area contributed by atoms with Crippen molar-refractivity contribution >= 4 is 22.9 Å². The number of nitrogens with zero attached hydrogens (tertiary/aromatic N) is 1. The van der Waals surface area contributed by atoms with Crippen LogP contribution >= 0.6 is 12.2 Å². The van der Waals surface area contributed by atoms with Gasteiger partial charge in [-0.15, -0.1) is 0 Å². The van der Waals surface area contributed by atoms with Gasteiger partial charge in [-0.05, 0) is 37.5 Å². The lowest BCUT2D eigenvalue weighted by molar-refractivity contribution is -0.137. The lowest BCUT2D eigenvalue weighted by atomic mass is 10.1. The third-order valence-electron chi connectivity index (χ3n) is 3.36. The van der Waals surface area contributed by atoms with Crippen LogP contribution in [0.25, 0.3) is 0 Å². The van der Waals surface area contributed by atoms with Crippen LogP contribution in [0.1, 0.15) is 37.3 Å². The summed E-state index contributed by atoms with van der Waals surface area (Å²) in [5.41, 5.74) is 5.37. The summed E-state index contributed by atoms with van der Waals surface area (Å²) < 4.78 is 38.8. The van der Waals surface area contributed by atoms with Crippen molar-refractivity contribution in [1.29, 1.82) is 0 Å². The molecule has 110 valence electrons. The number of nitrogens with two attached hydrogens (primary N) is 1. The van der Waals surface area contributed by atoms with E-state index in [2.05, 4.69) is 4.90 Å². The van der Waals surface area contributed by atoms with Gasteiger partial charge in [0.25, 0.3) is 0 Å². The van der Waals surface area contributed by atoms with Crippen molar-refractivity contribution in [2.24, 2.45) is 5.73 Å². The molecule has 2 nitrogen and oxygen atoms in total. The second-order valence-corrected chi connectivity index (χ2v) is 5.46. The van der Waals surface area contributed by atoms with Gasteiger partial charge >= 0.3 is 6.18 Å². The molecule has 6 heteroatoms. The molecule has 1 aromatic rings. The predicted octanol–water partition coefficient (Wildman–Crippen LogP) is 3.72. The molecule has 0 spiro atoms. The van der Waals surface area contributed by atoms with Gasteiger partial charge in [-0.1, -0.05) is 19.1 Å². The average molecular weight is 302 g/mol. The molecule has 2 rings (SSSR count). The maximum absolute atomic E-state index is 12.9. The highest BCUT2D eigenvalue weighted by Crippen LogP contribution is 2.37. The lowest BCUT2D eigenvalue weighted by Gasteiger charge is -2.25. The van der Waals surface area contributed by atoms with Crippen LogP contribution in [0.3, 0.4) is 0 Å². The van der Waals surface area contributed by atoms with Crippen molar-refractivity contribution in [3.8, 4) is 0 Å². The number of benzene rings is 1. The number of hydrogen-bond acceptors (Lipinski definition) is 2. The summed E-state index contributed by atoms with van der Waals surface area (Å²) >= 11 is 4.77. The van der Waals surface area contributed by atoms with Crippen molar-refractivity contribution < 1.29 is 13.2 Å². The molecule has 0 saturated heterocycles. The smallest absolute Gasteiger partial charge is 0.389 e. The fraction of sp³-hybridized carbons (Fsp3) is 0.500. The van der Waals surface area contributed by atoms with E-state index in [0.717, 1.165) is 37.6 Å². The second-order valence-electron chi connectivity index (χ2n) is 5.02. The third-order valence-corrected chi connectivity index (χ3v) is 3.58. The van der Waals surface area contributed by atoms with E-state index >= 15 is 0 Å². The molecule has 20 heavy (non-hydrogen) atoms. The van der Waals surface area contributed by atoms with E-state index < -0.39 is 11.7 Å². The zero-order valence-electron chi connectivity index (χ0n) is 11.2. The van der Waals surface area contributed by atoms with E-state index in [0.29, 0.717) is 6.04 Å². The molecule has 1 aliphatic carbocycles. The van der Waals surface area contributed by atoms with Gasteiger partial charge in [0, 0.05) is 23.8 Å². The van der Waals surface area contributed by atoms with Crippen LogP contribution in [0.2, 0.25) is 0 Å². The van der Waals surface area contributed by atoms with Gasteiger partial charge in [0.1, 0.15) is 4.99 Å². The Morgan fingerprint density at radius 2 is 2.05 bits per heavy atom. The van der Waals surface area contributed by atoms with Crippen molar-refractivity contribution in [2.75, 3.05) is 11.4 Å². The number of halogens is 3. The zero-order chi connectivity index (χ0) is 14.9. The molecule has 1 saturated carbocycles. The molecule has 0 atom stereocenters. The third kappa shape index (κ3) is 3.23. The SMILES string of the molecule is CCCN(c1ccc(C(F)(F)F)c(C(N)=S)c1)C1CC1. The van der Waals surface area contributed by atoms with Crippen molar-refractivity contribution in [1.82, 2.24) is 0 Å². The first kappa shape index (κ1) is 15.1. The number of rotatable bonds is 5. The predicted molar refractivity (Wildman–Crippen MR) is 78.0 cm³/mol. The van der Waals surface area contributed by atoms with Crippen LogP contribution in [0.15, 0.2) is 18.2 Å². The summed E-state index contributed by atoms with van der Waals surface area (Å²) in [7, 11) is 0. The molecule has 0 amide bonds. The summed E-state index contributed by atoms with van der Waals surface area (Å²) in [6.45, 7) is 2.88. The first-order valence-electron chi connectivity index (χ1n) is 6.62. The first-order chi connectivity index (χ1) is 9.34. The van der Waals surface area contributed by atoms with Gasteiger partial charge in [-0.2, -0.15) is 13.2 Å². The van der Waals surface area contributed by atoms with E-state index in [-0.39, 0.29) is 10.6 Å². The van der Waals surface area contributed by atoms with Gasteiger partial charge < -0.3 is 10.6 Å². The Morgan fingerprint density at radius 3 is 2.50 bits per heavy atom. The summed E-state index contributed by atoms with van der Waals surface area (Å²) in [5.74, 6) is 0. The fourth-order valence-corrected chi connectivity index (χ4v) is 2.48. The highest BCUT2D eigenvalue weighted by molar-refractivity contribution is 7.80. The Bertz CT molecular complexity index is 510. The van der Waals surface area contributed by atoms with Gasteiger partial charge in [0.15, 0.2) is 0 Å². The van der Waals surface area contributed by atoms with E-state index in [1.54, 1.807) is 0 Å². The topological polar surface area (TPSA) is 29.3 Å². The number of alkyl halides is 3. The quantitative estimate of drug-likeness (QED) is 0.841. The molecule has 0 bridgehead atoms. The molecule has 0 heterocycles. The van der Waals surface area contributed by atoms with Gasteiger partial charge in [-0.25, -0.2) is 0 Å². The van der Waals surface area contributed by atoms with Crippen molar-refractivity contribution in [3.05, 3.63) is 29.3 Å². The van der Waals surface area contributed by atoms with Crippen LogP contribution < -0.4 is 10.6 Å². The van der Waals surface area contributed by atoms with E-state index in [4.69, 9.17) is 18.0 Å². The van der Waals surface area contributed by atoms with E-state index in [9.17, 15) is 13.2 Å². The molecule has 0 radical (unpaired) electrons. The molecule has 0 unspecified atom stereocenters. The molecule has 1 fully saturated rings. The van der Waals surface area contributed by atoms with Crippen LogP contribution in [-0.4, -0.2) is 17.6 Å². The lowest BCUT2D eigenvalue weighted by Crippen LogP contribution is -2.27. The largest absolute Gasteiger partial charge is 0.417 e. The highest BCUT2D eigenvalue weighted by Gasteiger charge is 2.35. The number of anilines is 1. The van der Waals surface area contributed by atoms with Gasteiger partial charge in [-0.3, -0.25) is 0 Å².